The molecule has 3 heterocycles. The van der Waals surface area contributed by atoms with Crippen molar-refractivity contribution in [2.24, 2.45) is 0 Å². The molecule has 0 bridgehead atoms. The first kappa shape index (κ1) is 22.6. The number of para-hydroxylation sites is 1. The van der Waals surface area contributed by atoms with Crippen LogP contribution in [0.1, 0.15) is 36.5 Å². The van der Waals surface area contributed by atoms with Crippen molar-refractivity contribution < 1.29 is 9.84 Å². The van der Waals surface area contributed by atoms with Gasteiger partial charge in [-0.25, -0.2) is 0 Å². The maximum Gasteiger partial charge on any atom is 0.273 e. The summed E-state index contributed by atoms with van der Waals surface area (Å²) in [5.41, 5.74) is 1.43. The minimum absolute atomic E-state index is 0.0193. The Labute approximate surface area is 205 Å². The van der Waals surface area contributed by atoms with Crippen molar-refractivity contribution >= 4 is 23.0 Å². The average Bonchev–Trinajstić information content (AvgIpc) is 3.32. The Bertz CT molecular complexity index is 1610. The summed E-state index contributed by atoms with van der Waals surface area (Å²) in [6.07, 6.45) is 5.70. The number of hydrogen-bond donors (Lipinski definition) is 1. The summed E-state index contributed by atoms with van der Waals surface area (Å²) in [6.45, 7) is 0.746. The van der Waals surface area contributed by atoms with Gasteiger partial charge >= 0.3 is 0 Å². The summed E-state index contributed by atoms with van der Waals surface area (Å²) in [6, 6.07) is 16.5. The summed E-state index contributed by atoms with van der Waals surface area (Å²) in [5, 5.41) is 28.9. The van der Waals surface area contributed by atoms with Gasteiger partial charge in [0.15, 0.2) is 17.3 Å². The van der Waals surface area contributed by atoms with Crippen LogP contribution in [0.4, 0.5) is 0 Å². The first-order valence-corrected chi connectivity index (χ1v) is 12.1. The Balaban J connectivity index is 1.81. The molecule has 0 aliphatic carbocycles. The van der Waals surface area contributed by atoms with Gasteiger partial charge in [-0.1, -0.05) is 30.7 Å². The van der Waals surface area contributed by atoms with E-state index in [1.165, 1.54) is 24.5 Å². The zero-order chi connectivity index (χ0) is 24.4. The van der Waals surface area contributed by atoms with Crippen LogP contribution in [0.5, 0.6) is 11.5 Å². The average molecular weight is 486 g/mol. The third kappa shape index (κ3) is 4.24. The van der Waals surface area contributed by atoms with Crippen molar-refractivity contribution in [2.75, 3.05) is 7.11 Å². The summed E-state index contributed by atoms with van der Waals surface area (Å²) < 4.78 is 9.72. The highest BCUT2D eigenvalue weighted by Gasteiger charge is 2.21. The lowest BCUT2D eigenvalue weighted by Gasteiger charge is -2.07. The van der Waals surface area contributed by atoms with Crippen molar-refractivity contribution in [2.45, 2.75) is 32.2 Å². The molecule has 8 nitrogen and oxygen atoms in total. The second kappa shape index (κ2) is 9.60. The van der Waals surface area contributed by atoms with Crippen molar-refractivity contribution in [3.05, 3.63) is 85.3 Å². The largest absolute Gasteiger partial charge is 0.504 e. The highest BCUT2D eigenvalue weighted by atomic mass is 32.1. The van der Waals surface area contributed by atoms with Gasteiger partial charge in [-0.2, -0.15) is 5.26 Å². The fourth-order valence-electron chi connectivity index (χ4n) is 4.26. The topological polar surface area (TPSA) is 106 Å². The van der Waals surface area contributed by atoms with Crippen molar-refractivity contribution in [1.29, 1.82) is 5.26 Å². The molecule has 0 unspecified atom stereocenters. The van der Waals surface area contributed by atoms with Crippen LogP contribution in [0.25, 0.3) is 17.3 Å². The number of nitriles is 1. The molecule has 4 aromatic rings. The lowest BCUT2D eigenvalue weighted by atomic mass is 10.2. The number of nitrogens with zero attached hydrogens (tertiary/aromatic N) is 5. The molecule has 0 fully saturated rings. The monoisotopic (exact) mass is 485 g/mol. The SMILES string of the molecule is COc1cc(/C=c2/s/c(=C(/C#N)c3nnc4n3CCCCC4)n(-c3ccccc3)c2=O)ccc1O. The quantitative estimate of drug-likeness (QED) is 0.476. The number of phenolic OH excluding ortho intramolecular Hbond substituents is 1. The van der Waals surface area contributed by atoms with E-state index < -0.39 is 0 Å². The van der Waals surface area contributed by atoms with Crippen LogP contribution in [0, 0.1) is 11.3 Å². The van der Waals surface area contributed by atoms with Crippen LogP contribution in [0.2, 0.25) is 0 Å². The molecule has 2 aromatic heterocycles. The van der Waals surface area contributed by atoms with E-state index in [0.29, 0.717) is 37.6 Å². The highest BCUT2D eigenvalue weighted by Crippen LogP contribution is 2.26. The number of phenols is 1. The molecule has 0 saturated carbocycles. The molecular weight excluding hydrogens is 462 g/mol. The standard InChI is InChI=1S/C26H23N5O3S/c1-34-21-14-17(11-12-20(21)32)15-22-25(33)31(18-8-4-2-5-9-18)26(35-22)19(16-27)24-29-28-23-10-6-3-7-13-30(23)24/h2,4-5,8-9,11-12,14-15,32H,3,6-7,10,13H2,1H3/b22-15+,26-19-. The zero-order valence-electron chi connectivity index (χ0n) is 19.1. The summed E-state index contributed by atoms with van der Waals surface area (Å²) in [5.74, 6) is 1.70. The van der Waals surface area contributed by atoms with E-state index in [1.54, 1.807) is 22.8 Å². The molecule has 1 aliphatic heterocycles. The summed E-state index contributed by atoms with van der Waals surface area (Å²) in [7, 11) is 1.47. The van der Waals surface area contributed by atoms with Crippen LogP contribution >= 0.6 is 11.3 Å². The van der Waals surface area contributed by atoms with E-state index in [0.717, 1.165) is 38.1 Å². The van der Waals surface area contributed by atoms with E-state index in [9.17, 15) is 15.2 Å². The van der Waals surface area contributed by atoms with E-state index in [2.05, 4.69) is 16.3 Å². The number of ether oxygens (including phenoxy) is 1. The van der Waals surface area contributed by atoms with Crippen molar-refractivity contribution in [3.63, 3.8) is 0 Å². The van der Waals surface area contributed by atoms with Gasteiger partial charge in [-0.3, -0.25) is 9.36 Å². The van der Waals surface area contributed by atoms with E-state index in [1.807, 2.05) is 34.9 Å². The Morgan fingerprint density at radius 1 is 1.17 bits per heavy atom. The lowest BCUT2D eigenvalue weighted by molar-refractivity contribution is 0.373. The van der Waals surface area contributed by atoms with Crippen LogP contribution in [0.15, 0.2) is 53.3 Å². The van der Waals surface area contributed by atoms with Crippen molar-refractivity contribution in [3.8, 4) is 23.3 Å². The molecule has 2 aromatic carbocycles. The number of fused-ring (bicyclic) bond motifs is 1. The molecule has 1 aliphatic rings. The lowest BCUT2D eigenvalue weighted by Crippen LogP contribution is -2.31. The Morgan fingerprint density at radius 3 is 2.77 bits per heavy atom. The second-order valence-corrected chi connectivity index (χ2v) is 9.24. The van der Waals surface area contributed by atoms with Gasteiger partial charge in [0, 0.05) is 13.0 Å². The number of aryl methyl sites for hydroxylation is 1. The molecular formula is C26H23N5O3S. The maximum absolute atomic E-state index is 13.6. The molecule has 176 valence electrons. The maximum atomic E-state index is 13.6. The van der Waals surface area contributed by atoms with E-state index >= 15 is 0 Å². The summed E-state index contributed by atoms with van der Waals surface area (Å²) >= 11 is 1.23. The molecule has 0 radical (unpaired) electrons. The van der Waals surface area contributed by atoms with Crippen LogP contribution < -0.4 is 19.5 Å². The smallest absolute Gasteiger partial charge is 0.273 e. The minimum Gasteiger partial charge on any atom is -0.504 e. The minimum atomic E-state index is -0.244. The highest BCUT2D eigenvalue weighted by molar-refractivity contribution is 7.07. The number of hydrogen-bond acceptors (Lipinski definition) is 7. The van der Waals surface area contributed by atoms with Gasteiger partial charge in [0.05, 0.1) is 17.3 Å². The third-order valence-electron chi connectivity index (χ3n) is 6.00. The zero-order valence-corrected chi connectivity index (χ0v) is 20.0. The molecule has 5 rings (SSSR count). The van der Waals surface area contributed by atoms with Gasteiger partial charge in [0.1, 0.15) is 22.1 Å². The van der Waals surface area contributed by atoms with Crippen LogP contribution in [0.3, 0.4) is 0 Å². The number of thiazole rings is 1. The molecule has 35 heavy (non-hydrogen) atoms. The number of methoxy groups -OCH3 is 1. The molecule has 0 spiro atoms. The van der Waals surface area contributed by atoms with E-state index in [-0.39, 0.29) is 11.3 Å². The predicted octanol–water partition coefficient (Wildman–Crippen LogP) is 2.48. The number of benzene rings is 2. The second-order valence-electron chi connectivity index (χ2n) is 8.21. The normalized spacial score (nSPS) is 14.7. The van der Waals surface area contributed by atoms with Gasteiger partial charge in [-0.05, 0) is 48.7 Å². The molecule has 9 heteroatoms. The van der Waals surface area contributed by atoms with Crippen molar-refractivity contribution in [1.82, 2.24) is 19.3 Å². The van der Waals surface area contributed by atoms with E-state index in [4.69, 9.17) is 4.74 Å². The number of aromatic hydroxyl groups is 1. The Hall–Kier alpha value is -4.16. The predicted molar refractivity (Wildman–Crippen MR) is 133 cm³/mol. The Morgan fingerprint density at radius 2 is 2.00 bits per heavy atom. The first-order valence-electron chi connectivity index (χ1n) is 11.3. The number of rotatable bonds is 4. The Kier molecular flexibility index (Phi) is 6.21. The van der Waals surface area contributed by atoms with Crippen LogP contribution in [-0.2, 0) is 13.0 Å². The van der Waals surface area contributed by atoms with Gasteiger partial charge in [0.25, 0.3) is 5.56 Å². The van der Waals surface area contributed by atoms with Gasteiger partial charge in [0.2, 0.25) is 0 Å². The third-order valence-corrected chi connectivity index (χ3v) is 7.09. The fourth-order valence-corrected chi connectivity index (χ4v) is 5.36. The van der Waals surface area contributed by atoms with Gasteiger partial charge < -0.3 is 14.4 Å². The molecule has 1 N–H and O–H groups in total. The molecule has 0 saturated heterocycles. The molecule has 0 atom stereocenters. The first-order chi connectivity index (χ1) is 17.1. The summed E-state index contributed by atoms with van der Waals surface area (Å²) in [4.78, 5) is 13.6. The molecule has 0 amide bonds. The van der Waals surface area contributed by atoms with Gasteiger partial charge in [-0.15, -0.1) is 21.5 Å². The van der Waals surface area contributed by atoms with Crippen LogP contribution in [-0.4, -0.2) is 31.5 Å². The fraction of sp³-hybridized carbons (Fsp3) is 0.231. The number of aromatic nitrogens is 4.